The molecule has 42 heavy (non-hydrogen) atoms. The Morgan fingerprint density at radius 3 is 1.07 bits per heavy atom. The van der Waals surface area contributed by atoms with E-state index in [9.17, 15) is 0 Å². The molecule has 0 radical (unpaired) electrons. The van der Waals surface area contributed by atoms with Gasteiger partial charge >= 0.3 is 0 Å². The predicted octanol–water partition coefficient (Wildman–Crippen LogP) is 3.45. The molecule has 2 aromatic rings. The van der Waals surface area contributed by atoms with Gasteiger partial charge in [-0.05, 0) is 38.1 Å². The van der Waals surface area contributed by atoms with Crippen LogP contribution in [-0.2, 0) is 13.1 Å². The lowest BCUT2D eigenvalue weighted by atomic mass is 10.1. The number of nitrogens with zero attached hydrogens (tertiary/aromatic N) is 4. The van der Waals surface area contributed by atoms with Crippen LogP contribution in [0.2, 0.25) is 0 Å². The van der Waals surface area contributed by atoms with E-state index in [0.717, 1.165) is 88.1 Å². The van der Waals surface area contributed by atoms with Gasteiger partial charge in [0.05, 0.1) is 42.7 Å². The van der Waals surface area contributed by atoms with Crippen molar-refractivity contribution < 1.29 is 28.4 Å². The van der Waals surface area contributed by atoms with Crippen LogP contribution in [0.25, 0.3) is 0 Å². The fraction of sp³-hybridized carbons (Fsp3) is 0.625. The number of unbranched alkanes of at least 4 members (excludes halogenated alkanes) is 1. The van der Waals surface area contributed by atoms with Crippen molar-refractivity contribution in [3.8, 4) is 34.5 Å². The van der Waals surface area contributed by atoms with E-state index in [2.05, 4.69) is 31.7 Å². The van der Waals surface area contributed by atoms with E-state index in [-0.39, 0.29) is 0 Å². The molecule has 2 aliphatic rings. The number of piperazine rings is 2. The summed E-state index contributed by atoms with van der Waals surface area (Å²) in [5, 5.41) is 0. The maximum absolute atomic E-state index is 5.68. The highest BCUT2D eigenvalue weighted by Crippen LogP contribution is 2.41. The largest absolute Gasteiger partial charge is 0.493 e. The third kappa shape index (κ3) is 7.92. The molecule has 2 heterocycles. The summed E-state index contributed by atoms with van der Waals surface area (Å²) in [7, 11) is 9.99. The molecule has 0 bridgehead atoms. The molecule has 0 spiro atoms. The zero-order valence-corrected chi connectivity index (χ0v) is 26.4. The molecule has 2 aliphatic heterocycles. The van der Waals surface area contributed by atoms with Gasteiger partial charge in [0.15, 0.2) is 23.0 Å². The van der Waals surface area contributed by atoms with E-state index in [1.165, 1.54) is 25.9 Å². The van der Waals surface area contributed by atoms with Crippen molar-refractivity contribution in [1.82, 2.24) is 19.6 Å². The standard InChI is InChI=1S/C32H50N4O6/c1-37-27-11-9-25(29(39-3)31(27)41-5)23-35-19-15-33(16-20-35)13-7-8-14-34-17-21-36(22-18-34)24-26-10-12-28(38-2)32(42-6)30(26)40-4/h9-12H,7-8,13-24H2,1-6H3. The van der Waals surface area contributed by atoms with Gasteiger partial charge in [-0.25, -0.2) is 0 Å². The lowest BCUT2D eigenvalue weighted by molar-refractivity contribution is 0.113. The summed E-state index contributed by atoms with van der Waals surface area (Å²) in [4.78, 5) is 10.2. The summed E-state index contributed by atoms with van der Waals surface area (Å²) in [5.41, 5.74) is 2.26. The molecule has 10 nitrogen and oxygen atoms in total. The minimum atomic E-state index is 0.663. The summed E-state index contributed by atoms with van der Waals surface area (Å²) in [5.74, 6) is 4.24. The molecule has 10 heteroatoms. The van der Waals surface area contributed by atoms with E-state index in [4.69, 9.17) is 28.4 Å². The topological polar surface area (TPSA) is 68.3 Å². The van der Waals surface area contributed by atoms with Gasteiger partial charge in [-0.3, -0.25) is 9.80 Å². The third-order valence-corrected chi connectivity index (χ3v) is 8.49. The zero-order chi connectivity index (χ0) is 29.9. The van der Waals surface area contributed by atoms with Crippen LogP contribution in [0.1, 0.15) is 24.0 Å². The first-order valence-electron chi connectivity index (χ1n) is 15.0. The number of hydrogen-bond acceptors (Lipinski definition) is 10. The molecule has 0 aliphatic carbocycles. The Morgan fingerprint density at radius 1 is 0.429 bits per heavy atom. The zero-order valence-electron chi connectivity index (χ0n) is 26.4. The second kappa shape index (κ2) is 16.1. The van der Waals surface area contributed by atoms with Gasteiger partial charge in [0.1, 0.15) is 0 Å². The highest BCUT2D eigenvalue weighted by Gasteiger charge is 2.23. The molecular formula is C32H50N4O6. The van der Waals surface area contributed by atoms with Gasteiger partial charge < -0.3 is 38.2 Å². The van der Waals surface area contributed by atoms with Crippen LogP contribution < -0.4 is 28.4 Å². The summed E-state index contributed by atoms with van der Waals surface area (Å²) in [6, 6.07) is 8.09. The van der Waals surface area contributed by atoms with Crippen molar-refractivity contribution >= 4 is 0 Å². The van der Waals surface area contributed by atoms with Crippen LogP contribution in [0.15, 0.2) is 24.3 Å². The molecule has 0 N–H and O–H groups in total. The second-order valence-electron chi connectivity index (χ2n) is 10.9. The molecule has 2 fully saturated rings. The number of methoxy groups -OCH3 is 6. The fourth-order valence-electron chi connectivity index (χ4n) is 6.07. The van der Waals surface area contributed by atoms with Crippen LogP contribution in [0.4, 0.5) is 0 Å². The molecule has 0 aromatic heterocycles. The molecule has 0 amide bonds. The van der Waals surface area contributed by atoms with E-state index in [1.807, 2.05) is 12.1 Å². The van der Waals surface area contributed by atoms with Gasteiger partial charge in [-0.1, -0.05) is 12.1 Å². The van der Waals surface area contributed by atoms with Gasteiger partial charge in [0, 0.05) is 76.6 Å². The van der Waals surface area contributed by atoms with Gasteiger partial charge in [0.2, 0.25) is 11.5 Å². The Balaban J connectivity index is 1.13. The third-order valence-electron chi connectivity index (χ3n) is 8.49. The maximum atomic E-state index is 5.68. The first-order chi connectivity index (χ1) is 20.5. The van der Waals surface area contributed by atoms with Gasteiger partial charge in [-0.15, -0.1) is 0 Å². The van der Waals surface area contributed by atoms with E-state index in [0.29, 0.717) is 23.0 Å². The SMILES string of the molecule is COc1ccc(CN2CCN(CCCCN3CCN(Cc4ccc(OC)c(OC)c4OC)CC3)CC2)c(OC)c1OC. The first-order valence-corrected chi connectivity index (χ1v) is 15.0. The number of ether oxygens (including phenoxy) is 6. The number of rotatable bonds is 15. The van der Waals surface area contributed by atoms with Crippen molar-refractivity contribution in [2.75, 3.05) is 108 Å². The van der Waals surface area contributed by atoms with E-state index >= 15 is 0 Å². The molecule has 4 rings (SSSR count). The van der Waals surface area contributed by atoms with E-state index in [1.54, 1.807) is 42.7 Å². The van der Waals surface area contributed by atoms with Crippen molar-refractivity contribution in [3.63, 3.8) is 0 Å². The second-order valence-corrected chi connectivity index (χ2v) is 10.9. The normalized spacial score (nSPS) is 17.2. The van der Waals surface area contributed by atoms with Crippen molar-refractivity contribution in [1.29, 1.82) is 0 Å². The Hall–Kier alpha value is -2.92. The minimum Gasteiger partial charge on any atom is -0.493 e. The average Bonchev–Trinajstić information content (AvgIpc) is 3.03. The van der Waals surface area contributed by atoms with Crippen LogP contribution in [-0.4, -0.2) is 128 Å². The first kappa shape index (κ1) is 32.0. The van der Waals surface area contributed by atoms with Crippen molar-refractivity contribution in [2.45, 2.75) is 25.9 Å². The highest BCUT2D eigenvalue weighted by molar-refractivity contribution is 5.56. The van der Waals surface area contributed by atoms with Crippen LogP contribution in [0, 0.1) is 0 Å². The van der Waals surface area contributed by atoms with E-state index < -0.39 is 0 Å². The summed E-state index contributed by atoms with van der Waals surface area (Å²) in [6.45, 7) is 12.7. The molecule has 0 atom stereocenters. The summed E-state index contributed by atoms with van der Waals surface area (Å²) >= 11 is 0. The lowest BCUT2D eigenvalue weighted by Gasteiger charge is -2.36. The van der Waals surface area contributed by atoms with Gasteiger partial charge in [-0.2, -0.15) is 0 Å². The van der Waals surface area contributed by atoms with Crippen LogP contribution in [0.5, 0.6) is 34.5 Å². The molecule has 2 saturated heterocycles. The minimum absolute atomic E-state index is 0.663. The van der Waals surface area contributed by atoms with Crippen molar-refractivity contribution in [2.24, 2.45) is 0 Å². The lowest BCUT2D eigenvalue weighted by Crippen LogP contribution is -2.47. The molecule has 234 valence electrons. The molecule has 0 saturated carbocycles. The molecular weight excluding hydrogens is 536 g/mol. The Bertz CT molecular complexity index is 1030. The average molecular weight is 587 g/mol. The molecule has 2 aromatic carbocycles. The number of benzene rings is 2. The summed E-state index contributed by atoms with van der Waals surface area (Å²) < 4.78 is 33.3. The molecule has 0 unspecified atom stereocenters. The highest BCUT2D eigenvalue weighted by atomic mass is 16.5. The van der Waals surface area contributed by atoms with Crippen LogP contribution >= 0.6 is 0 Å². The Labute approximate surface area is 251 Å². The maximum Gasteiger partial charge on any atom is 0.203 e. The Morgan fingerprint density at radius 2 is 0.762 bits per heavy atom. The number of hydrogen-bond donors (Lipinski definition) is 0. The Kier molecular flexibility index (Phi) is 12.2. The fourth-order valence-corrected chi connectivity index (χ4v) is 6.07. The quantitative estimate of drug-likeness (QED) is 0.290. The van der Waals surface area contributed by atoms with Crippen molar-refractivity contribution in [3.05, 3.63) is 35.4 Å². The summed E-state index contributed by atoms with van der Waals surface area (Å²) in [6.07, 6.45) is 2.49. The monoisotopic (exact) mass is 586 g/mol. The predicted molar refractivity (Wildman–Crippen MR) is 165 cm³/mol. The smallest absolute Gasteiger partial charge is 0.203 e. The van der Waals surface area contributed by atoms with Gasteiger partial charge in [0.25, 0.3) is 0 Å². The van der Waals surface area contributed by atoms with Crippen LogP contribution in [0.3, 0.4) is 0 Å².